The van der Waals surface area contributed by atoms with Crippen LogP contribution in [0.25, 0.3) is 0 Å². The summed E-state index contributed by atoms with van der Waals surface area (Å²) in [6.07, 6.45) is 3.98. The monoisotopic (exact) mass is 219 g/mol. The first kappa shape index (κ1) is 11.6. The lowest BCUT2D eigenvalue weighted by molar-refractivity contribution is 0.110. The van der Waals surface area contributed by atoms with Gasteiger partial charge in [-0.25, -0.2) is 0 Å². The van der Waals surface area contributed by atoms with Crippen LogP contribution < -0.4 is 5.32 Å². The maximum atomic E-state index is 5.56. The molecule has 1 aromatic carbocycles. The summed E-state index contributed by atoms with van der Waals surface area (Å²) < 4.78 is 5.56. The van der Waals surface area contributed by atoms with E-state index in [0.29, 0.717) is 6.10 Å². The van der Waals surface area contributed by atoms with Crippen LogP contribution in [0, 0.1) is 0 Å². The molecule has 1 aliphatic heterocycles. The molecule has 2 heteroatoms. The summed E-state index contributed by atoms with van der Waals surface area (Å²) in [5.41, 5.74) is 2.76. The van der Waals surface area contributed by atoms with E-state index in [1.807, 2.05) is 0 Å². The maximum Gasteiger partial charge on any atom is 0.0700 e. The van der Waals surface area contributed by atoms with E-state index < -0.39 is 0 Å². The fourth-order valence-corrected chi connectivity index (χ4v) is 2.08. The number of aryl methyl sites for hydroxylation is 1. The van der Waals surface area contributed by atoms with E-state index >= 15 is 0 Å². The summed E-state index contributed by atoms with van der Waals surface area (Å²) in [5.74, 6) is 0. The molecule has 1 heterocycles. The molecule has 1 aromatic rings. The van der Waals surface area contributed by atoms with Gasteiger partial charge >= 0.3 is 0 Å². The molecule has 2 rings (SSSR count). The number of nitrogens with one attached hydrogen (secondary N) is 1. The first-order valence-corrected chi connectivity index (χ1v) is 6.28. The van der Waals surface area contributed by atoms with Crippen LogP contribution in [0.15, 0.2) is 24.3 Å². The number of rotatable bonds is 5. The second-order valence-electron chi connectivity index (χ2n) is 4.44. The lowest BCUT2D eigenvalue weighted by Gasteiger charge is -2.10. The van der Waals surface area contributed by atoms with Gasteiger partial charge in [0.25, 0.3) is 0 Å². The Hall–Kier alpha value is -0.860. The maximum absolute atomic E-state index is 5.56. The predicted octanol–water partition coefficient (Wildman–Crippen LogP) is 2.52. The van der Waals surface area contributed by atoms with Gasteiger partial charge in [-0.3, -0.25) is 0 Å². The van der Waals surface area contributed by atoms with E-state index in [4.69, 9.17) is 4.74 Å². The van der Waals surface area contributed by atoms with Gasteiger partial charge in [0.1, 0.15) is 0 Å². The van der Waals surface area contributed by atoms with Gasteiger partial charge in [0, 0.05) is 19.7 Å². The molecule has 0 saturated carbocycles. The Kier molecular flexibility index (Phi) is 4.37. The SMILES string of the molecule is CCc1ccc(CNC[C@@H]2CCCO2)cc1. The third kappa shape index (κ3) is 3.32. The lowest BCUT2D eigenvalue weighted by Crippen LogP contribution is -2.25. The van der Waals surface area contributed by atoms with Gasteiger partial charge in [0.2, 0.25) is 0 Å². The molecule has 0 aromatic heterocycles. The number of hydrogen-bond acceptors (Lipinski definition) is 2. The molecule has 0 unspecified atom stereocenters. The zero-order valence-electron chi connectivity index (χ0n) is 10.0. The van der Waals surface area contributed by atoms with Crippen LogP contribution in [0.3, 0.4) is 0 Å². The highest BCUT2D eigenvalue weighted by Crippen LogP contribution is 2.11. The molecule has 0 spiro atoms. The zero-order valence-corrected chi connectivity index (χ0v) is 10.0. The summed E-state index contributed by atoms with van der Waals surface area (Å²) in [6, 6.07) is 8.84. The highest BCUT2D eigenvalue weighted by atomic mass is 16.5. The molecule has 0 radical (unpaired) electrons. The average molecular weight is 219 g/mol. The first-order valence-electron chi connectivity index (χ1n) is 6.28. The van der Waals surface area contributed by atoms with Crippen molar-refractivity contribution >= 4 is 0 Å². The van der Waals surface area contributed by atoms with Crippen LogP contribution in [0.5, 0.6) is 0 Å². The quantitative estimate of drug-likeness (QED) is 0.821. The topological polar surface area (TPSA) is 21.3 Å². The molecule has 0 bridgehead atoms. The van der Waals surface area contributed by atoms with Crippen molar-refractivity contribution in [2.75, 3.05) is 13.2 Å². The molecule has 88 valence electrons. The van der Waals surface area contributed by atoms with E-state index in [2.05, 4.69) is 36.5 Å². The third-order valence-electron chi connectivity index (χ3n) is 3.16. The van der Waals surface area contributed by atoms with Crippen LogP contribution in [0.1, 0.15) is 30.9 Å². The fourth-order valence-electron chi connectivity index (χ4n) is 2.08. The Bertz CT molecular complexity index is 301. The smallest absolute Gasteiger partial charge is 0.0700 e. The van der Waals surface area contributed by atoms with Crippen LogP contribution in [0.2, 0.25) is 0 Å². The molecule has 2 nitrogen and oxygen atoms in total. The normalized spacial score (nSPS) is 20.2. The van der Waals surface area contributed by atoms with Crippen molar-refractivity contribution in [3.05, 3.63) is 35.4 Å². The Labute approximate surface area is 98.0 Å². The summed E-state index contributed by atoms with van der Waals surface area (Å²) in [6.45, 7) is 5.06. The van der Waals surface area contributed by atoms with Gasteiger partial charge in [0.15, 0.2) is 0 Å². The number of ether oxygens (including phenoxy) is 1. The van der Waals surface area contributed by atoms with Crippen LogP contribution in [0.4, 0.5) is 0 Å². The standard InChI is InChI=1S/C14H21NO/c1-2-12-5-7-13(8-6-12)10-15-11-14-4-3-9-16-14/h5-8,14-15H,2-4,9-11H2,1H3/t14-/m0/s1. The first-order chi connectivity index (χ1) is 7.88. The molecule has 0 aliphatic carbocycles. The molecule has 16 heavy (non-hydrogen) atoms. The average Bonchev–Trinajstić information content (AvgIpc) is 2.83. The second-order valence-corrected chi connectivity index (χ2v) is 4.44. The van der Waals surface area contributed by atoms with Crippen molar-refractivity contribution in [3.8, 4) is 0 Å². The molecule has 1 saturated heterocycles. The third-order valence-corrected chi connectivity index (χ3v) is 3.16. The van der Waals surface area contributed by atoms with Crippen molar-refractivity contribution < 1.29 is 4.74 Å². The van der Waals surface area contributed by atoms with Crippen LogP contribution in [-0.4, -0.2) is 19.3 Å². The largest absolute Gasteiger partial charge is 0.377 e. The Morgan fingerprint density at radius 1 is 1.25 bits per heavy atom. The van der Waals surface area contributed by atoms with Gasteiger partial charge in [-0.15, -0.1) is 0 Å². The van der Waals surface area contributed by atoms with Gasteiger partial charge in [-0.05, 0) is 30.4 Å². The van der Waals surface area contributed by atoms with Crippen molar-refractivity contribution in [2.45, 2.75) is 38.8 Å². The minimum atomic E-state index is 0.440. The number of benzene rings is 1. The van der Waals surface area contributed by atoms with E-state index in [1.54, 1.807) is 0 Å². The number of hydrogen-bond donors (Lipinski definition) is 1. The minimum Gasteiger partial charge on any atom is -0.377 e. The highest BCUT2D eigenvalue weighted by Gasteiger charge is 2.14. The predicted molar refractivity (Wildman–Crippen MR) is 66.5 cm³/mol. The molecule has 1 atom stereocenters. The van der Waals surface area contributed by atoms with Gasteiger partial charge in [0.05, 0.1) is 6.10 Å². The zero-order chi connectivity index (χ0) is 11.2. The van der Waals surface area contributed by atoms with E-state index in [1.165, 1.54) is 24.0 Å². The molecule has 1 N–H and O–H groups in total. The van der Waals surface area contributed by atoms with Gasteiger partial charge in [-0.1, -0.05) is 31.2 Å². The Morgan fingerprint density at radius 3 is 2.62 bits per heavy atom. The van der Waals surface area contributed by atoms with Crippen molar-refractivity contribution in [1.82, 2.24) is 5.32 Å². The second kappa shape index (κ2) is 6.02. The molecular weight excluding hydrogens is 198 g/mol. The summed E-state index contributed by atoms with van der Waals surface area (Å²) in [5, 5.41) is 3.46. The van der Waals surface area contributed by atoms with Gasteiger partial charge in [-0.2, -0.15) is 0 Å². The van der Waals surface area contributed by atoms with E-state index in [9.17, 15) is 0 Å². The minimum absolute atomic E-state index is 0.440. The van der Waals surface area contributed by atoms with Crippen LogP contribution in [-0.2, 0) is 17.7 Å². The highest BCUT2D eigenvalue weighted by molar-refractivity contribution is 5.22. The fraction of sp³-hybridized carbons (Fsp3) is 0.571. The Morgan fingerprint density at radius 2 is 2.00 bits per heavy atom. The van der Waals surface area contributed by atoms with Crippen LogP contribution >= 0.6 is 0 Å². The van der Waals surface area contributed by atoms with Crippen molar-refractivity contribution in [1.29, 1.82) is 0 Å². The van der Waals surface area contributed by atoms with Gasteiger partial charge < -0.3 is 10.1 Å². The Balaban J connectivity index is 1.71. The molecule has 0 amide bonds. The van der Waals surface area contributed by atoms with E-state index in [-0.39, 0.29) is 0 Å². The van der Waals surface area contributed by atoms with Crippen molar-refractivity contribution in [3.63, 3.8) is 0 Å². The summed E-state index contributed by atoms with van der Waals surface area (Å²) >= 11 is 0. The van der Waals surface area contributed by atoms with Crippen molar-refractivity contribution in [2.24, 2.45) is 0 Å². The lowest BCUT2D eigenvalue weighted by atomic mass is 10.1. The summed E-state index contributed by atoms with van der Waals surface area (Å²) in [4.78, 5) is 0. The van der Waals surface area contributed by atoms with E-state index in [0.717, 1.165) is 26.1 Å². The molecule has 1 aliphatic rings. The summed E-state index contributed by atoms with van der Waals surface area (Å²) in [7, 11) is 0. The molecule has 1 fully saturated rings. The molecular formula is C14H21NO.